The van der Waals surface area contributed by atoms with E-state index in [0.717, 1.165) is 12.1 Å². The Bertz CT molecular complexity index is 941. The Hall–Kier alpha value is -2.68. The Morgan fingerprint density at radius 2 is 2.29 bits per heavy atom. The monoisotopic (exact) mass is 346 g/mol. The Balaban J connectivity index is 1.74. The zero-order chi connectivity index (χ0) is 17.3. The maximum atomic E-state index is 12.4. The Morgan fingerprint density at radius 3 is 3.04 bits per heavy atom. The number of hydrogen-bond donors (Lipinski definition) is 2. The molecule has 2 N–H and O–H groups in total. The van der Waals surface area contributed by atoms with Crippen molar-refractivity contribution in [3.8, 4) is 0 Å². The number of nitrogens with zero attached hydrogens (tertiary/aromatic N) is 4. The molecule has 2 amide bonds. The van der Waals surface area contributed by atoms with Crippen molar-refractivity contribution in [2.24, 2.45) is 7.05 Å². The van der Waals surface area contributed by atoms with E-state index in [4.69, 9.17) is 0 Å². The molecule has 24 heavy (non-hydrogen) atoms. The van der Waals surface area contributed by atoms with Gasteiger partial charge in [0.25, 0.3) is 5.56 Å². The van der Waals surface area contributed by atoms with Crippen LogP contribution in [0, 0.1) is 0 Å². The summed E-state index contributed by atoms with van der Waals surface area (Å²) in [6.07, 6.45) is 2.49. The molecule has 8 nitrogen and oxygen atoms in total. The zero-order valence-corrected chi connectivity index (χ0v) is 14.5. The third-order valence-electron chi connectivity index (χ3n) is 3.58. The minimum absolute atomic E-state index is 0.181. The first-order chi connectivity index (χ1) is 11.5. The summed E-state index contributed by atoms with van der Waals surface area (Å²) in [6, 6.07) is 1.51. The van der Waals surface area contributed by atoms with Crippen LogP contribution in [0.15, 0.2) is 22.4 Å². The fraction of sp³-hybridized carbons (Fsp3) is 0.333. The molecular weight excluding hydrogens is 328 g/mol. The van der Waals surface area contributed by atoms with Gasteiger partial charge in [0.15, 0.2) is 0 Å². The summed E-state index contributed by atoms with van der Waals surface area (Å²) in [7, 11) is 3.46. The number of urea groups is 1. The van der Waals surface area contributed by atoms with Crippen molar-refractivity contribution in [3.05, 3.63) is 39.5 Å². The third kappa shape index (κ3) is 3.16. The van der Waals surface area contributed by atoms with E-state index in [1.54, 1.807) is 24.0 Å². The van der Waals surface area contributed by atoms with E-state index in [1.165, 1.54) is 16.2 Å². The van der Waals surface area contributed by atoms with Crippen LogP contribution in [0.1, 0.15) is 18.4 Å². The van der Waals surface area contributed by atoms with E-state index in [9.17, 15) is 9.59 Å². The first-order valence-electron chi connectivity index (χ1n) is 7.49. The van der Waals surface area contributed by atoms with Gasteiger partial charge in [0.2, 0.25) is 0 Å². The van der Waals surface area contributed by atoms with Gasteiger partial charge in [-0.3, -0.25) is 9.48 Å². The number of carbonyl (C=O) groups excluding carboxylic acids is 1. The molecule has 9 heteroatoms. The average Bonchev–Trinajstić information content (AvgIpc) is 3.13. The van der Waals surface area contributed by atoms with E-state index in [2.05, 4.69) is 20.4 Å². The number of nitrogens with one attached hydrogen (secondary N) is 2. The van der Waals surface area contributed by atoms with Gasteiger partial charge >= 0.3 is 6.03 Å². The van der Waals surface area contributed by atoms with Gasteiger partial charge in [-0.25, -0.2) is 9.78 Å². The Labute approximate surface area is 142 Å². The van der Waals surface area contributed by atoms with Crippen LogP contribution >= 0.6 is 11.3 Å². The summed E-state index contributed by atoms with van der Waals surface area (Å²) in [6.45, 7) is 2.18. The van der Waals surface area contributed by atoms with Gasteiger partial charge in [-0.15, -0.1) is 11.3 Å². The highest BCUT2D eigenvalue weighted by Gasteiger charge is 2.15. The van der Waals surface area contributed by atoms with Crippen LogP contribution in [0.2, 0.25) is 0 Å². The lowest BCUT2D eigenvalue weighted by atomic mass is 10.3. The third-order valence-corrected chi connectivity index (χ3v) is 4.48. The van der Waals surface area contributed by atoms with E-state index in [0.29, 0.717) is 21.7 Å². The largest absolute Gasteiger partial charge is 0.322 e. The second kappa shape index (κ2) is 6.44. The summed E-state index contributed by atoms with van der Waals surface area (Å²) in [4.78, 5) is 32.9. The molecule has 0 unspecified atom stereocenters. The predicted molar refractivity (Wildman–Crippen MR) is 93.3 cm³/mol. The molecule has 0 aliphatic rings. The zero-order valence-electron chi connectivity index (χ0n) is 13.7. The van der Waals surface area contributed by atoms with Crippen LogP contribution in [0.4, 0.5) is 10.5 Å². The predicted octanol–water partition coefficient (Wildman–Crippen LogP) is 1.94. The second-order valence-corrected chi connectivity index (χ2v) is 6.37. The molecule has 0 fully saturated rings. The van der Waals surface area contributed by atoms with Crippen LogP contribution in [-0.4, -0.2) is 37.7 Å². The maximum absolute atomic E-state index is 12.4. The maximum Gasteiger partial charge on any atom is 0.322 e. The highest BCUT2D eigenvalue weighted by molar-refractivity contribution is 7.17. The van der Waals surface area contributed by atoms with Gasteiger partial charge in [-0.2, -0.15) is 5.10 Å². The second-order valence-electron chi connectivity index (χ2n) is 5.45. The fourth-order valence-corrected chi connectivity index (χ4v) is 3.13. The molecule has 0 spiro atoms. The van der Waals surface area contributed by atoms with Gasteiger partial charge in [0, 0.05) is 20.3 Å². The highest BCUT2D eigenvalue weighted by atomic mass is 32.1. The summed E-state index contributed by atoms with van der Waals surface area (Å²) >= 11 is 1.35. The van der Waals surface area contributed by atoms with Crippen molar-refractivity contribution in [3.63, 3.8) is 0 Å². The number of fused-ring (bicyclic) bond motifs is 1. The Morgan fingerprint density at radius 1 is 1.50 bits per heavy atom. The SMILES string of the molecule is CCc1nn(C)cc1NC(=O)N(C)Cc1nc2ccsc2c(=O)[nH]1. The standard InChI is InChI=1S/C15H18N6O2S/c1-4-9-11(7-21(3)19-9)17-15(23)20(2)8-12-16-10-5-6-24-13(10)14(22)18-12/h5-7H,4,8H2,1-3H3,(H,17,23)(H,16,18,22). The molecule has 0 aromatic carbocycles. The average molecular weight is 346 g/mol. The number of aryl methyl sites for hydroxylation is 2. The molecule has 3 rings (SSSR count). The van der Waals surface area contributed by atoms with Crippen LogP contribution < -0.4 is 10.9 Å². The summed E-state index contributed by atoms with van der Waals surface area (Å²) in [5.41, 5.74) is 1.98. The number of amides is 2. The molecule has 126 valence electrons. The van der Waals surface area contributed by atoms with Crippen molar-refractivity contribution < 1.29 is 4.79 Å². The first kappa shape index (κ1) is 16.2. The lowest BCUT2D eigenvalue weighted by Crippen LogP contribution is -2.32. The topological polar surface area (TPSA) is 95.9 Å². The van der Waals surface area contributed by atoms with E-state index in [-0.39, 0.29) is 18.1 Å². The number of H-pyrrole nitrogens is 1. The molecule has 0 saturated heterocycles. The highest BCUT2D eigenvalue weighted by Crippen LogP contribution is 2.16. The van der Waals surface area contributed by atoms with Crippen molar-refractivity contribution >= 4 is 33.3 Å². The molecule has 0 aliphatic heterocycles. The molecule has 3 aromatic rings. The van der Waals surface area contributed by atoms with Crippen molar-refractivity contribution in [2.45, 2.75) is 19.9 Å². The number of aromatic amines is 1. The van der Waals surface area contributed by atoms with E-state index < -0.39 is 0 Å². The smallest absolute Gasteiger partial charge is 0.320 e. The van der Waals surface area contributed by atoms with Gasteiger partial charge in [0.1, 0.15) is 10.5 Å². The summed E-state index contributed by atoms with van der Waals surface area (Å²) in [5.74, 6) is 0.449. The van der Waals surface area contributed by atoms with Crippen LogP contribution in [0.3, 0.4) is 0 Å². The van der Waals surface area contributed by atoms with Crippen LogP contribution in [0.5, 0.6) is 0 Å². The van der Waals surface area contributed by atoms with Crippen LogP contribution in [-0.2, 0) is 20.0 Å². The number of thiophene rings is 1. The van der Waals surface area contributed by atoms with E-state index in [1.807, 2.05) is 19.4 Å². The van der Waals surface area contributed by atoms with Gasteiger partial charge in [-0.05, 0) is 17.9 Å². The van der Waals surface area contributed by atoms with Gasteiger partial charge in [-0.1, -0.05) is 6.92 Å². The molecule has 0 radical (unpaired) electrons. The minimum Gasteiger partial charge on any atom is -0.320 e. The van der Waals surface area contributed by atoms with E-state index >= 15 is 0 Å². The Kier molecular flexibility index (Phi) is 4.34. The molecule has 3 aromatic heterocycles. The molecule has 0 saturated carbocycles. The number of carbonyl (C=O) groups is 1. The van der Waals surface area contributed by atoms with Gasteiger partial charge < -0.3 is 15.2 Å². The van der Waals surface area contributed by atoms with Crippen molar-refractivity contribution in [1.29, 1.82) is 0 Å². The number of rotatable bonds is 4. The normalized spacial score (nSPS) is 11.0. The quantitative estimate of drug-likeness (QED) is 0.754. The summed E-state index contributed by atoms with van der Waals surface area (Å²) in [5, 5.41) is 8.95. The molecular formula is C15H18N6O2S. The molecule has 3 heterocycles. The van der Waals surface area contributed by atoms with Gasteiger partial charge in [0.05, 0.1) is 23.4 Å². The van der Waals surface area contributed by atoms with Crippen molar-refractivity contribution in [2.75, 3.05) is 12.4 Å². The lowest BCUT2D eigenvalue weighted by molar-refractivity contribution is 0.219. The fourth-order valence-electron chi connectivity index (χ4n) is 2.40. The molecule has 0 bridgehead atoms. The van der Waals surface area contributed by atoms with Crippen molar-refractivity contribution in [1.82, 2.24) is 24.6 Å². The first-order valence-corrected chi connectivity index (χ1v) is 8.37. The molecule has 0 atom stereocenters. The number of anilines is 1. The number of hydrogen-bond acceptors (Lipinski definition) is 5. The summed E-state index contributed by atoms with van der Waals surface area (Å²) < 4.78 is 2.26. The van der Waals surface area contributed by atoms with Crippen LogP contribution in [0.25, 0.3) is 10.2 Å². The lowest BCUT2D eigenvalue weighted by Gasteiger charge is -2.17. The number of aromatic nitrogens is 4. The minimum atomic E-state index is -0.286. The molecule has 0 aliphatic carbocycles.